The van der Waals surface area contributed by atoms with Crippen molar-refractivity contribution >= 4 is 17.7 Å². The van der Waals surface area contributed by atoms with Crippen molar-refractivity contribution in [2.75, 3.05) is 5.32 Å². The van der Waals surface area contributed by atoms with Crippen LogP contribution in [0.1, 0.15) is 17.4 Å². The highest BCUT2D eigenvalue weighted by molar-refractivity contribution is 5.85. The summed E-state index contributed by atoms with van der Waals surface area (Å²) in [4.78, 5) is 28.6. The number of aromatic carboxylic acids is 1. The maximum absolute atomic E-state index is 10.7. The Morgan fingerprint density at radius 2 is 2.20 bits per heavy atom. The molecule has 0 aromatic carbocycles. The number of rotatable bonds is 4. The number of nitrogens with one attached hydrogen (secondary N) is 1. The van der Waals surface area contributed by atoms with E-state index in [0.717, 1.165) is 6.20 Å². The number of nitrogens with two attached hydrogens (primary N) is 1. The van der Waals surface area contributed by atoms with Crippen LogP contribution in [0.5, 0.6) is 0 Å². The van der Waals surface area contributed by atoms with Crippen LogP contribution in [0.4, 0.5) is 5.82 Å². The van der Waals surface area contributed by atoms with Gasteiger partial charge in [0, 0.05) is 0 Å². The van der Waals surface area contributed by atoms with Crippen molar-refractivity contribution in [3.63, 3.8) is 0 Å². The Morgan fingerprint density at radius 1 is 1.53 bits per heavy atom. The van der Waals surface area contributed by atoms with Crippen molar-refractivity contribution in [3.05, 3.63) is 18.1 Å². The zero-order valence-corrected chi connectivity index (χ0v) is 7.97. The predicted octanol–water partition coefficient (Wildman–Crippen LogP) is -0.540. The summed E-state index contributed by atoms with van der Waals surface area (Å²) in [5.74, 6) is -1.54. The molecule has 1 aromatic heterocycles. The maximum Gasteiger partial charge on any atom is 0.356 e. The summed E-state index contributed by atoms with van der Waals surface area (Å²) in [7, 11) is 0. The first-order valence-corrected chi connectivity index (χ1v) is 4.12. The van der Waals surface area contributed by atoms with E-state index >= 15 is 0 Å². The van der Waals surface area contributed by atoms with Crippen LogP contribution in [-0.2, 0) is 4.79 Å². The molecule has 0 spiro atoms. The number of carboxylic acids is 1. The fraction of sp³-hybridized carbons (Fsp3) is 0.250. The summed E-state index contributed by atoms with van der Waals surface area (Å²) in [5, 5.41) is 11.3. The number of nitrogens with zero attached hydrogens (tertiary/aromatic N) is 2. The van der Waals surface area contributed by atoms with Crippen molar-refractivity contribution < 1.29 is 14.7 Å². The molecule has 7 heteroatoms. The quantitative estimate of drug-likeness (QED) is 0.614. The van der Waals surface area contributed by atoms with Gasteiger partial charge in [0.2, 0.25) is 5.91 Å². The Hall–Kier alpha value is -2.18. The van der Waals surface area contributed by atoms with Gasteiger partial charge in [-0.1, -0.05) is 0 Å². The summed E-state index contributed by atoms with van der Waals surface area (Å²) < 4.78 is 0. The van der Waals surface area contributed by atoms with Crippen molar-refractivity contribution in [2.45, 2.75) is 13.0 Å². The molecule has 0 aliphatic carbocycles. The highest BCUT2D eigenvalue weighted by Gasteiger charge is 2.11. The Kier molecular flexibility index (Phi) is 3.17. The standard InChI is InChI=1S/C8H10N4O3/c1-4(7(9)13)11-6-3-10-2-5(12-6)8(14)15/h2-4H,1H3,(H2,9,13)(H,11,12)(H,14,15). The second-order valence-electron chi connectivity index (χ2n) is 2.86. The number of hydrogen-bond donors (Lipinski definition) is 3. The first kappa shape index (κ1) is 10.9. The van der Waals surface area contributed by atoms with E-state index in [1.54, 1.807) is 0 Å². The van der Waals surface area contributed by atoms with Crippen LogP contribution in [0.3, 0.4) is 0 Å². The molecule has 0 aliphatic rings. The van der Waals surface area contributed by atoms with E-state index in [2.05, 4.69) is 15.3 Å². The summed E-state index contributed by atoms with van der Waals surface area (Å²) in [6, 6.07) is -0.636. The van der Waals surface area contributed by atoms with Gasteiger partial charge in [0.05, 0.1) is 12.4 Å². The van der Waals surface area contributed by atoms with Crippen molar-refractivity contribution in [3.8, 4) is 0 Å². The molecule has 7 nitrogen and oxygen atoms in total. The molecule has 1 atom stereocenters. The number of carbonyl (C=O) groups excluding carboxylic acids is 1. The lowest BCUT2D eigenvalue weighted by molar-refractivity contribution is -0.118. The van der Waals surface area contributed by atoms with E-state index in [0.29, 0.717) is 0 Å². The normalized spacial score (nSPS) is 11.8. The number of hydrogen-bond acceptors (Lipinski definition) is 5. The summed E-state index contributed by atoms with van der Waals surface area (Å²) in [5.41, 5.74) is 4.82. The van der Waals surface area contributed by atoms with Crippen molar-refractivity contribution in [1.29, 1.82) is 0 Å². The Balaban J connectivity index is 2.82. The molecule has 1 rings (SSSR count). The van der Waals surface area contributed by atoms with Gasteiger partial charge in [-0.25, -0.2) is 9.78 Å². The van der Waals surface area contributed by atoms with Crippen LogP contribution >= 0.6 is 0 Å². The molecule has 15 heavy (non-hydrogen) atoms. The van der Waals surface area contributed by atoms with Crippen LogP contribution in [0.25, 0.3) is 0 Å². The van der Waals surface area contributed by atoms with Crippen LogP contribution in [0, 0.1) is 0 Å². The molecule has 1 unspecified atom stereocenters. The van der Waals surface area contributed by atoms with Crippen LogP contribution in [0.15, 0.2) is 12.4 Å². The first-order valence-electron chi connectivity index (χ1n) is 4.12. The van der Waals surface area contributed by atoms with E-state index in [4.69, 9.17) is 10.8 Å². The third-order valence-electron chi connectivity index (χ3n) is 1.64. The predicted molar refractivity (Wildman–Crippen MR) is 51.3 cm³/mol. The molecule has 1 amide bonds. The first-order chi connectivity index (χ1) is 7.00. The zero-order chi connectivity index (χ0) is 11.4. The molecule has 80 valence electrons. The topological polar surface area (TPSA) is 118 Å². The van der Waals surface area contributed by atoms with Gasteiger partial charge in [0.1, 0.15) is 11.9 Å². The number of carboxylic acid groups (broad SMARTS) is 1. The molecule has 1 aromatic rings. The average molecular weight is 210 g/mol. The van der Waals surface area contributed by atoms with Gasteiger partial charge < -0.3 is 16.2 Å². The minimum Gasteiger partial charge on any atom is -0.476 e. The molecule has 4 N–H and O–H groups in total. The Morgan fingerprint density at radius 3 is 2.73 bits per heavy atom. The fourth-order valence-electron chi connectivity index (χ4n) is 0.832. The molecule has 0 bridgehead atoms. The minimum atomic E-state index is -1.18. The smallest absolute Gasteiger partial charge is 0.356 e. The molecular formula is C8H10N4O3. The molecule has 0 saturated carbocycles. The van der Waals surface area contributed by atoms with Gasteiger partial charge in [-0.05, 0) is 6.92 Å². The molecular weight excluding hydrogens is 200 g/mol. The lowest BCUT2D eigenvalue weighted by atomic mass is 10.3. The number of aromatic nitrogens is 2. The van der Waals surface area contributed by atoms with Gasteiger partial charge in [-0.3, -0.25) is 9.78 Å². The molecule has 0 saturated heterocycles. The van der Waals surface area contributed by atoms with Crippen molar-refractivity contribution in [2.24, 2.45) is 5.73 Å². The molecule has 0 fully saturated rings. The number of anilines is 1. The van der Waals surface area contributed by atoms with E-state index in [9.17, 15) is 9.59 Å². The van der Waals surface area contributed by atoms with Crippen LogP contribution in [0.2, 0.25) is 0 Å². The molecule has 0 radical (unpaired) electrons. The lowest BCUT2D eigenvalue weighted by Gasteiger charge is -2.09. The largest absolute Gasteiger partial charge is 0.476 e. The highest BCUT2D eigenvalue weighted by Crippen LogP contribution is 2.03. The second-order valence-corrected chi connectivity index (χ2v) is 2.86. The highest BCUT2D eigenvalue weighted by atomic mass is 16.4. The second kappa shape index (κ2) is 4.36. The monoisotopic (exact) mass is 210 g/mol. The Labute approximate surface area is 85.3 Å². The van der Waals surface area contributed by atoms with E-state index < -0.39 is 17.9 Å². The van der Waals surface area contributed by atoms with Crippen LogP contribution < -0.4 is 11.1 Å². The van der Waals surface area contributed by atoms with Gasteiger partial charge in [0.25, 0.3) is 0 Å². The summed E-state index contributed by atoms with van der Waals surface area (Å²) in [6.45, 7) is 1.54. The van der Waals surface area contributed by atoms with Gasteiger partial charge in [-0.2, -0.15) is 0 Å². The Bertz CT molecular complexity index is 393. The van der Waals surface area contributed by atoms with Gasteiger partial charge in [-0.15, -0.1) is 0 Å². The molecule has 1 heterocycles. The maximum atomic E-state index is 10.7. The average Bonchev–Trinajstić information content (AvgIpc) is 2.18. The number of amides is 1. The van der Waals surface area contributed by atoms with Crippen molar-refractivity contribution in [1.82, 2.24) is 9.97 Å². The van der Waals surface area contributed by atoms with E-state index in [-0.39, 0.29) is 11.5 Å². The number of carbonyl (C=O) groups is 2. The minimum absolute atomic E-state index is 0.196. The zero-order valence-electron chi connectivity index (χ0n) is 7.97. The SMILES string of the molecule is CC(Nc1cncc(C(=O)O)n1)C(N)=O. The third-order valence-corrected chi connectivity index (χ3v) is 1.64. The lowest BCUT2D eigenvalue weighted by Crippen LogP contribution is -2.32. The number of primary amides is 1. The third kappa shape index (κ3) is 2.90. The fourth-order valence-corrected chi connectivity index (χ4v) is 0.832. The van der Waals surface area contributed by atoms with Gasteiger partial charge >= 0.3 is 5.97 Å². The van der Waals surface area contributed by atoms with E-state index in [1.165, 1.54) is 13.1 Å². The molecule has 0 aliphatic heterocycles. The summed E-state index contributed by atoms with van der Waals surface area (Å²) >= 11 is 0. The van der Waals surface area contributed by atoms with E-state index in [1.807, 2.05) is 0 Å². The van der Waals surface area contributed by atoms with Gasteiger partial charge in [0.15, 0.2) is 5.69 Å². The summed E-state index contributed by atoms with van der Waals surface area (Å²) in [6.07, 6.45) is 2.42. The van der Waals surface area contributed by atoms with Crippen LogP contribution in [-0.4, -0.2) is 33.0 Å².